The summed E-state index contributed by atoms with van der Waals surface area (Å²) in [7, 11) is 0. The third-order valence-electron chi connectivity index (χ3n) is 22.3. The predicted octanol–water partition coefficient (Wildman–Crippen LogP) is 27.6. The molecule has 9 heterocycles. The molecule has 0 saturated carbocycles. The van der Waals surface area contributed by atoms with Crippen molar-refractivity contribution in [3.8, 4) is 73.4 Å². The van der Waals surface area contributed by atoms with Crippen LogP contribution in [0, 0.1) is 30.6 Å². The number of nitrogens with zero attached hydrogens (tertiary/aromatic N) is 3. The van der Waals surface area contributed by atoms with Gasteiger partial charge in [-0.25, -0.2) is 0 Å². The monoisotopic (exact) mass is 1510 g/mol. The Kier molecular flexibility index (Phi) is 33.8. The lowest BCUT2D eigenvalue weighted by Gasteiger charge is -2.29. The second kappa shape index (κ2) is 42.9. The summed E-state index contributed by atoms with van der Waals surface area (Å²) in [6.07, 6.45) is 47.0. The van der Waals surface area contributed by atoms with Crippen LogP contribution in [-0.2, 0) is 9.47 Å². The average molecular weight is 1520 g/mol. The van der Waals surface area contributed by atoms with Gasteiger partial charge in [-0.05, 0) is 107 Å². The van der Waals surface area contributed by atoms with Crippen molar-refractivity contribution >= 4 is 79.3 Å². The van der Waals surface area contributed by atoms with Crippen molar-refractivity contribution in [3.63, 3.8) is 0 Å². The molecule has 3 aliphatic rings. The van der Waals surface area contributed by atoms with Crippen LogP contribution in [0.15, 0.2) is 48.5 Å². The molecule has 3 unspecified atom stereocenters. The number of benzene rings is 1. The molecule has 2 amide bonds. The SMILES string of the molecule is CCCCCCCCCCCCOCC1(CC)COc2c(C)sc(-c3ccc(-c4nnc(-c5ccc(-c6sc(-c7ccc(C)s7)c7c6OCC(CC)(COCCCCCCCCCCCC)CO7)s5)c5cc6c(cc45)C(=O)N(CC(CCCCCCCC)CCCCCCCCCC)C6=O)s3)c2OC1. The number of hydrogen-bond acceptors (Lipinski definition) is 15. The smallest absolute Gasteiger partial charge is 0.261 e. The molecule has 0 aliphatic carbocycles. The molecule has 0 N–H and O–H groups in total. The van der Waals surface area contributed by atoms with Gasteiger partial charge < -0.3 is 28.4 Å². The lowest BCUT2D eigenvalue weighted by atomic mass is 9.88. The number of rotatable bonds is 51. The van der Waals surface area contributed by atoms with Crippen LogP contribution in [0.5, 0.6) is 23.0 Å². The highest BCUT2D eigenvalue weighted by Gasteiger charge is 2.41. The summed E-state index contributed by atoms with van der Waals surface area (Å²) in [6, 6.07) is 16.9. The van der Waals surface area contributed by atoms with Gasteiger partial charge in [0.25, 0.3) is 11.8 Å². The van der Waals surface area contributed by atoms with Crippen molar-refractivity contribution in [1.29, 1.82) is 0 Å². The molecule has 0 bridgehead atoms. The quantitative estimate of drug-likeness (QED) is 0.0269. The zero-order valence-corrected chi connectivity index (χ0v) is 69.2. The van der Waals surface area contributed by atoms with Crippen LogP contribution < -0.4 is 18.9 Å². The van der Waals surface area contributed by atoms with Gasteiger partial charge in [0, 0.05) is 54.9 Å². The number of fused-ring (bicyclic) bond motifs is 4. The fraction of sp³-hybridized carbons (Fsp3) is 0.659. The summed E-state index contributed by atoms with van der Waals surface area (Å²) >= 11 is 8.48. The van der Waals surface area contributed by atoms with E-state index in [9.17, 15) is 0 Å². The van der Waals surface area contributed by atoms with Crippen LogP contribution in [0.4, 0.5) is 0 Å². The summed E-state index contributed by atoms with van der Waals surface area (Å²) in [4.78, 5) is 42.4. The number of aromatic nitrogens is 2. The van der Waals surface area contributed by atoms with Crippen LogP contribution in [0.1, 0.15) is 316 Å². The molecule has 3 aliphatic heterocycles. The summed E-state index contributed by atoms with van der Waals surface area (Å²) in [5.74, 6) is 3.00. The van der Waals surface area contributed by atoms with Gasteiger partial charge in [0.15, 0.2) is 23.0 Å². The molecule has 0 fully saturated rings. The fourth-order valence-electron chi connectivity index (χ4n) is 15.2. The minimum absolute atomic E-state index is 0.211. The summed E-state index contributed by atoms with van der Waals surface area (Å²) in [5, 5.41) is 11.9. The molecule has 1 aromatic carbocycles. The fourth-order valence-corrected chi connectivity index (χ4v) is 20.7. The van der Waals surface area contributed by atoms with E-state index in [-0.39, 0.29) is 28.6 Å². The number of thiophene rings is 5. The first-order valence-electron chi connectivity index (χ1n) is 41.4. The number of imide groups is 1. The molecular formula is C88H127N3O8S5. The molecule has 10 rings (SSSR count). The van der Waals surface area contributed by atoms with E-state index in [1.807, 2.05) is 12.1 Å². The molecule has 6 aromatic heterocycles. The van der Waals surface area contributed by atoms with Gasteiger partial charge in [0.1, 0.15) is 11.4 Å². The second-order valence-electron chi connectivity index (χ2n) is 30.9. The molecule has 11 nitrogen and oxygen atoms in total. The molecule has 7 aromatic rings. The van der Waals surface area contributed by atoms with Gasteiger partial charge >= 0.3 is 0 Å². The third kappa shape index (κ3) is 22.3. The number of ether oxygens (including phenoxy) is 6. The molecular weight excluding hydrogens is 1390 g/mol. The predicted molar refractivity (Wildman–Crippen MR) is 442 cm³/mol. The Labute approximate surface area is 646 Å². The molecule has 572 valence electrons. The van der Waals surface area contributed by atoms with E-state index in [1.54, 1.807) is 61.6 Å². The van der Waals surface area contributed by atoms with Gasteiger partial charge in [0.2, 0.25) is 0 Å². The molecule has 0 saturated heterocycles. The number of hydrogen-bond donors (Lipinski definition) is 0. The maximum atomic E-state index is 15.2. The maximum Gasteiger partial charge on any atom is 0.261 e. The molecule has 3 atom stereocenters. The Bertz CT molecular complexity index is 3730. The number of amides is 2. The van der Waals surface area contributed by atoms with Gasteiger partial charge in [-0.3, -0.25) is 14.5 Å². The van der Waals surface area contributed by atoms with Crippen LogP contribution in [0.3, 0.4) is 0 Å². The van der Waals surface area contributed by atoms with Crippen molar-refractivity contribution in [3.05, 3.63) is 69.4 Å². The Balaban J connectivity index is 0.915. The van der Waals surface area contributed by atoms with E-state index in [0.717, 1.165) is 142 Å². The van der Waals surface area contributed by atoms with E-state index in [2.05, 4.69) is 91.8 Å². The van der Waals surface area contributed by atoms with Gasteiger partial charge in [0.05, 0.1) is 86.0 Å². The molecule has 0 spiro atoms. The summed E-state index contributed by atoms with van der Waals surface area (Å²) in [5.41, 5.74) is 1.65. The van der Waals surface area contributed by atoms with Crippen LogP contribution in [-0.4, -0.2) is 86.3 Å². The van der Waals surface area contributed by atoms with Gasteiger partial charge in [-0.15, -0.1) is 66.9 Å². The second-order valence-corrected chi connectivity index (χ2v) is 36.6. The van der Waals surface area contributed by atoms with E-state index >= 15 is 9.59 Å². The normalized spacial score (nSPS) is 16.9. The van der Waals surface area contributed by atoms with E-state index in [1.165, 1.54) is 198 Å². The number of aryl methyl sites for hydroxylation is 2. The Hall–Kier alpha value is -4.68. The first-order valence-corrected chi connectivity index (χ1v) is 45.5. The highest BCUT2D eigenvalue weighted by molar-refractivity contribution is 7.28. The molecule has 16 heteroatoms. The maximum absolute atomic E-state index is 15.2. The van der Waals surface area contributed by atoms with Crippen molar-refractivity contribution in [2.24, 2.45) is 16.7 Å². The minimum Gasteiger partial charge on any atom is -0.488 e. The van der Waals surface area contributed by atoms with Crippen LogP contribution >= 0.6 is 56.7 Å². The van der Waals surface area contributed by atoms with Crippen LogP contribution in [0.25, 0.3) is 61.2 Å². The minimum atomic E-state index is -0.307. The Morgan fingerprint density at radius 1 is 0.404 bits per heavy atom. The van der Waals surface area contributed by atoms with Crippen molar-refractivity contribution in [2.45, 2.75) is 299 Å². The molecule has 104 heavy (non-hydrogen) atoms. The van der Waals surface area contributed by atoms with Gasteiger partial charge in [-0.2, -0.15) is 0 Å². The summed E-state index contributed by atoms with van der Waals surface area (Å²) in [6.45, 7) is 23.0. The van der Waals surface area contributed by atoms with E-state index in [0.29, 0.717) is 68.7 Å². The number of unbranched alkanes of at least 4 members (excludes halogenated alkanes) is 30. The van der Waals surface area contributed by atoms with E-state index in [4.69, 9.17) is 38.6 Å². The lowest BCUT2D eigenvalue weighted by molar-refractivity contribution is -0.00826. The first kappa shape index (κ1) is 81.8. The average Bonchev–Trinajstić information content (AvgIpc) is 1.54. The summed E-state index contributed by atoms with van der Waals surface area (Å²) < 4.78 is 40.7. The largest absolute Gasteiger partial charge is 0.488 e. The standard InChI is InChI=1S/C88H127N3O8S5/c1-9-15-19-23-27-30-32-35-39-43-53-94-58-87(13-5)60-96-78-65(8)101-82(79(78)97-61-87)74-51-49-71(102-74)76-67-55-69-70(86(93)91(85(69)92)57-66(45-41-37-26-22-18-12-4)46-42-38-34-29-25-21-17-11-3)56-68(67)77(90-89-76)72-50-52-75(103-72)84-81-80(83(104-84)73-48-47-64(7)100-73)98-62-88(14-6,63-99-81)59-95-54-44-40-36-33-31-28-24-20-16-10-2/h47-52,55-56,66H,9-46,53-54,57-63H2,1-8H3. The highest BCUT2D eigenvalue weighted by Crippen LogP contribution is 2.58. The zero-order valence-electron chi connectivity index (χ0n) is 65.1. The van der Waals surface area contributed by atoms with Crippen LogP contribution in [0.2, 0.25) is 0 Å². The number of carbonyl (C=O) groups excluding carboxylic acids is 2. The van der Waals surface area contributed by atoms with Crippen molar-refractivity contribution < 1.29 is 38.0 Å². The highest BCUT2D eigenvalue weighted by atomic mass is 32.1. The Morgan fingerprint density at radius 2 is 0.740 bits per heavy atom. The third-order valence-corrected chi connectivity index (χ3v) is 28.3. The first-order chi connectivity index (χ1) is 51.0. The van der Waals surface area contributed by atoms with Crippen molar-refractivity contribution in [1.82, 2.24) is 15.1 Å². The van der Waals surface area contributed by atoms with Gasteiger partial charge in [-0.1, -0.05) is 247 Å². The zero-order chi connectivity index (χ0) is 72.9. The van der Waals surface area contributed by atoms with E-state index < -0.39 is 0 Å². The Morgan fingerprint density at radius 3 is 1.12 bits per heavy atom. The van der Waals surface area contributed by atoms with Crippen molar-refractivity contribution in [2.75, 3.05) is 59.4 Å². The number of carbonyl (C=O) groups is 2. The lowest BCUT2D eigenvalue weighted by Crippen LogP contribution is -2.37. The topological polar surface area (TPSA) is 119 Å². The molecule has 0 radical (unpaired) electrons.